The number of furan rings is 1. The standard InChI is InChI=1S/C45H38ClFN6O10/c46-34-20-27-7-11-37(34)60-32(22-52-15-17-53(56)18-16-52)24-58-31-10-12-35(59-23-30-13-14-48-42(51-30)33-3-1-2-4-36(33)63-57)28(19-31)21-38(45(54)55)61-43-40-39(27)41(62-44(40)50-25-49-43)26-5-8-29(47)9-6-26/h1-14,19-20,25,32,38,56-57H,15-18,21-24H2,(H,54,55)/t32-,38-/m1/s1. The molecule has 2 atom stereocenters. The molecule has 3 aliphatic heterocycles. The quantitative estimate of drug-likeness (QED) is 0.0954. The van der Waals surface area contributed by atoms with Gasteiger partial charge in [0.15, 0.2) is 11.6 Å². The number of rotatable bonds is 9. The van der Waals surface area contributed by atoms with Gasteiger partial charge in [0.25, 0.3) is 0 Å². The topological polar surface area (TPSA) is 195 Å². The van der Waals surface area contributed by atoms with Gasteiger partial charge in [-0.15, -0.1) is 0 Å². The van der Waals surface area contributed by atoms with Crippen LogP contribution in [0.25, 0.3) is 44.9 Å². The zero-order chi connectivity index (χ0) is 43.5. The minimum absolute atomic E-state index is 0.0461. The lowest BCUT2D eigenvalue weighted by molar-refractivity contribution is -0.145. The van der Waals surface area contributed by atoms with E-state index in [9.17, 15) is 24.8 Å². The van der Waals surface area contributed by atoms with Crippen LogP contribution in [-0.4, -0.2) is 103 Å². The van der Waals surface area contributed by atoms with Crippen LogP contribution >= 0.6 is 11.6 Å². The summed E-state index contributed by atoms with van der Waals surface area (Å²) in [5, 5.41) is 31.9. The average molecular weight is 877 g/mol. The Morgan fingerprint density at radius 1 is 0.905 bits per heavy atom. The van der Waals surface area contributed by atoms with Crippen LogP contribution in [-0.2, 0) is 17.8 Å². The molecule has 10 rings (SSSR count). The maximum Gasteiger partial charge on any atom is 0.345 e. The first kappa shape index (κ1) is 41.5. The predicted molar refractivity (Wildman–Crippen MR) is 225 cm³/mol. The van der Waals surface area contributed by atoms with E-state index >= 15 is 0 Å². The van der Waals surface area contributed by atoms with Crippen LogP contribution < -0.4 is 23.8 Å². The SMILES string of the molecule is O=C(O)[C@H]1Cc2cc(ccc2OCc2ccnc(-c3ccccc3OO)n2)OC[C@@H](CN2CCN(O)CC2)Oc2ccc(cc2Cl)-c2c(-c3ccc(F)cc3)oc3ncnc(c23)O1. The highest BCUT2D eigenvalue weighted by atomic mass is 35.5. The van der Waals surface area contributed by atoms with E-state index < -0.39 is 24.0 Å². The number of carboxylic acids is 1. The van der Waals surface area contributed by atoms with Gasteiger partial charge in [0.2, 0.25) is 17.7 Å². The van der Waals surface area contributed by atoms with E-state index in [2.05, 4.69) is 29.7 Å². The van der Waals surface area contributed by atoms with Crippen molar-refractivity contribution in [1.29, 1.82) is 0 Å². The van der Waals surface area contributed by atoms with Crippen LogP contribution in [0.4, 0.5) is 4.39 Å². The minimum Gasteiger partial charge on any atom is -0.490 e. The molecule has 0 radical (unpaired) electrons. The van der Waals surface area contributed by atoms with E-state index in [4.69, 9.17) is 35.0 Å². The number of aromatic nitrogens is 4. The molecule has 16 nitrogen and oxygen atoms in total. The van der Waals surface area contributed by atoms with Crippen molar-refractivity contribution in [3.05, 3.63) is 126 Å². The van der Waals surface area contributed by atoms with Gasteiger partial charge in [-0.05, 0) is 78.4 Å². The number of carboxylic acid groups (broad SMARTS) is 1. The third-order valence-corrected chi connectivity index (χ3v) is 10.9. The Morgan fingerprint density at radius 2 is 1.71 bits per heavy atom. The van der Waals surface area contributed by atoms with Gasteiger partial charge >= 0.3 is 5.97 Å². The number of halogens is 2. The van der Waals surface area contributed by atoms with Crippen LogP contribution in [0.1, 0.15) is 11.3 Å². The number of benzene rings is 4. The second-order valence-corrected chi connectivity index (χ2v) is 15.2. The molecule has 3 aliphatic rings. The van der Waals surface area contributed by atoms with Crippen molar-refractivity contribution in [1.82, 2.24) is 29.9 Å². The maximum atomic E-state index is 14.1. The maximum absolute atomic E-state index is 14.1. The molecular weight excluding hydrogens is 839 g/mol. The molecule has 0 unspecified atom stereocenters. The zero-order valence-electron chi connectivity index (χ0n) is 33.3. The largest absolute Gasteiger partial charge is 0.490 e. The molecular formula is C45H38ClFN6O10. The molecule has 6 heterocycles. The highest BCUT2D eigenvalue weighted by Gasteiger charge is 2.30. The lowest BCUT2D eigenvalue weighted by Crippen LogP contribution is -2.49. The van der Waals surface area contributed by atoms with Crippen LogP contribution in [0, 0.1) is 5.82 Å². The number of hydroxylamine groups is 2. The molecule has 4 aromatic carbocycles. The molecule has 7 aromatic rings. The van der Waals surface area contributed by atoms with Crippen LogP contribution in [0.15, 0.2) is 108 Å². The lowest BCUT2D eigenvalue weighted by Gasteiger charge is -2.33. The first-order chi connectivity index (χ1) is 30.7. The van der Waals surface area contributed by atoms with E-state index in [1.54, 1.807) is 85.1 Å². The Bertz CT molecular complexity index is 2770. The third-order valence-electron chi connectivity index (χ3n) is 10.6. The Kier molecular flexibility index (Phi) is 12.0. The number of hydrogen-bond acceptors (Lipinski definition) is 15. The van der Waals surface area contributed by atoms with Crippen molar-refractivity contribution in [2.75, 3.05) is 39.3 Å². The second-order valence-electron chi connectivity index (χ2n) is 14.8. The summed E-state index contributed by atoms with van der Waals surface area (Å²) in [6, 6.07) is 24.4. The van der Waals surface area contributed by atoms with Gasteiger partial charge in [-0.1, -0.05) is 29.8 Å². The van der Waals surface area contributed by atoms with Crippen molar-refractivity contribution in [2.24, 2.45) is 0 Å². The minimum atomic E-state index is -1.53. The monoisotopic (exact) mass is 876 g/mol. The molecule has 18 heteroatoms. The molecule has 4 bridgehead atoms. The van der Waals surface area contributed by atoms with Crippen LogP contribution in [0.3, 0.4) is 0 Å². The van der Waals surface area contributed by atoms with Gasteiger partial charge in [0.05, 0.1) is 16.3 Å². The number of hydrogen-bond donors (Lipinski definition) is 3. The highest BCUT2D eigenvalue weighted by Crippen LogP contribution is 2.45. The molecule has 0 amide bonds. The van der Waals surface area contributed by atoms with E-state index in [-0.39, 0.29) is 53.2 Å². The summed E-state index contributed by atoms with van der Waals surface area (Å²) < 4.78 is 46.0. The number of para-hydroxylation sites is 1. The number of piperazine rings is 1. The number of nitrogens with zero attached hydrogens (tertiary/aromatic N) is 6. The van der Waals surface area contributed by atoms with Gasteiger partial charge < -0.3 is 38.6 Å². The number of carbonyl (C=O) groups is 1. The van der Waals surface area contributed by atoms with E-state index in [1.807, 2.05) is 0 Å². The van der Waals surface area contributed by atoms with Gasteiger partial charge in [-0.2, -0.15) is 5.06 Å². The summed E-state index contributed by atoms with van der Waals surface area (Å²) in [7, 11) is 0. The molecule has 1 fully saturated rings. The summed E-state index contributed by atoms with van der Waals surface area (Å²) in [5.41, 5.74) is 2.93. The van der Waals surface area contributed by atoms with E-state index in [0.717, 1.165) is 0 Å². The van der Waals surface area contributed by atoms with Gasteiger partial charge in [0, 0.05) is 62.0 Å². The first-order valence-corrected chi connectivity index (χ1v) is 20.2. The molecule has 3 aromatic heterocycles. The normalized spacial score (nSPS) is 17.0. The first-order valence-electron chi connectivity index (χ1n) is 19.9. The van der Waals surface area contributed by atoms with E-state index in [1.165, 1.54) is 23.5 Å². The molecule has 0 spiro atoms. The van der Waals surface area contributed by atoms with Crippen molar-refractivity contribution >= 4 is 28.7 Å². The summed E-state index contributed by atoms with van der Waals surface area (Å²) >= 11 is 6.98. The number of aliphatic carboxylic acids is 1. The summed E-state index contributed by atoms with van der Waals surface area (Å²) in [6.07, 6.45) is 0.459. The van der Waals surface area contributed by atoms with Gasteiger partial charge in [0.1, 0.15) is 59.9 Å². The Hall–Kier alpha value is -6.89. The van der Waals surface area contributed by atoms with E-state index in [0.29, 0.717) is 89.2 Å². The fraction of sp³-hybridized carbons (Fsp3) is 0.222. The Balaban J connectivity index is 1.12. The van der Waals surface area contributed by atoms with Gasteiger partial charge in [-0.25, -0.2) is 34.4 Å². The smallest absolute Gasteiger partial charge is 0.345 e. The summed E-state index contributed by atoms with van der Waals surface area (Å²) in [5.74, 6) is 0.0225. The van der Waals surface area contributed by atoms with Crippen molar-refractivity contribution in [3.8, 4) is 62.7 Å². The van der Waals surface area contributed by atoms with Gasteiger partial charge in [-0.3, -0.25) is 4.90 Å². The Labute approximate surface area is 363 Å². The highest BCUT2D eigenvalue weighted by molar-refractivity contribution is 6.32. The van der Waals surface area contributed by atoms with Crippen molar-refractivity contribution in [3.63, 3.8) is 0 Å². The lowest BCUT2D eigenvalue weighted by atomic mass is 9.99. The van der Waals surface area contributed by atoms with Crippen molar-refractivity contribution < 1.29 is 53.0 Å². The second kappa shape index (κ2) is 18.2. The summed E-state index contributed by atoms with van der Waals surface area (Å²) in [4.78, 5) is 37.5. The molecule has 63 heavy (non-hydrogen) atoms. The van der Waals surface area contributed by atoms with Crippen LogP contribution in [0.2, 0.25) is 5.02 Å². The predicted octanol–water partition coefficient (Wildman–Crippen LogP) is 7.46. The zero-order valence-corrected chi connectivity index (χ0v) is 34.0. The Morgan fingerprint density at radius 3 is 2.51 bits per heavy atom. The molecule has 3 N–H and O–H groups in total. The fourth-order valence-corrected chi connectivity index (χ4v) is 7.70. The van der Waals surface area contributed by atoms with Crippen molar-refractivity contribution in [2.45, 2.75) is 25.2 Å². The summed E-state index contributed by atoms with van der Waals surface area (Å²) in [6.45, 7) is 2.56. The molecule has 0 saturated carbocycles. The number of fused-ring (bicyclic) bond motifs is 7. The molecule has 0 aliphatic carbocycles. The third kappa shape index (κ3) is 9.18. The average Bonchev–Trinajstić information content (AvgIpc) is 3.69. The number of ether oxygens (including phenoxy) is 4. The molecule has 322 valence electrons. The molecule has 1 saturated heterocycles. The fourth-order valence-electron chi connectivity index (χ4n) is 7.48. The van der Waals surface area contributed by atoms with Crippen LogP contribution in [0.5, 0.6) is 28.9 Å².